The molecule has 0 spiro atoms. The Morgan fingerprint density at radius 3 is 2.50 bits per heavy atom. The van der Waals surface area contributed by atoms with Gasteiger partial charge in [-0.15, -0.1) is 11.3 Å². The third-order valence-electron chi connectivity index (χ3n) is 5.30. The lowest BCUT2D eigenvalue weighted by Gasteiger charge is -2.20. The van der Waals surface area contributed by atoms with Crippen molar-refractivity contribution in [3.63, 3.8) is 0 Å². The molecule has 0 aliphatic heterocycles. The number of carboxylic acid groups (broad SMARTS) is 1. The summed E-state index contributed by atoms with van der Waals surface area (Å²) in [5, 5.41) is 13.2. The minimum absolute atomic E-state index is 0.00271. The lowest BCUT2D eigenvalue weighted by molar-refractivity contribution is 0.0703. The van der Waals surface area contributed by atoms with Crippen LogP contribution in [0.25, 0.3) is 5.57 Å². The van der Waals surface area contributed by atoms with Gasteiger partial charge in [-0.25, -0.2) is 4.79 Å². The molecule has 1 heterocycles. The second-order valence-electron chi connectivity index (χ2n) is 7.96. The molecule has 3 aromatic rings. The number of carbonyl (C=O) groups is 1. The largest absolute Gasteiger partial charge is 0.477 e. The fourth-order valence-electron chi connectivity index (χ4n) is 3.49. The van der Waals surface area contributed by atoms with Crippen molar-refractivity contribution in [2.75, 3.05) is 12.2 Å². The van der Waals surface area contributed by atoms with Gasteiger partial charge < -0.3 is 25.2 Å². The first kappa shape index (κ1) is 27.0. The highest BCUT2D eigenvalue weighted by atomic mass is 32.1. The third kappa shape index (κ3) is 6.55. The van der Waals surface area contributed by atoms with E-state index in [0.717, 1.165) is 28.0 Å². The van der Waals surface area contributed by atoms with Gasteiger partial charge in [-0.2, -0.15) is 0 Å². The Labute approximate surface area is 215 Å². The summed E-state index contributed by atoms with van der Waals surface area (Å²) in [4.78, 5) is 12.6. The number of ether oxygens (including phenoxy) is 1. The number of nitrogens with one attached hydrogen (secondary N) is 1. The maximum atomic E-state index is 13.7. The monoisotopic (exact) mass is 524 g/mol. The fourth-order valence-corrected chi connectivity index (χ4v) is 6.24. The number of benzene rings is 2. The van der Waals surface area contributed by atoms with E-state index in [1.54, 1.807) is 30.4 Å². The van der Waals surface area contributed by atoms with Crippen LogP contribution in [0.3, 0.4) is 0 Å². The molecule has 0 aliphatic rings. The van der Waals surface area contributed by atoms with Crippen LogP contribution in [-0.2, 0) is 20.4 Å². The zero-order valence-electron chi connectivity index (χ0n) is 20.4. The molecule has 4 N–H and O–H groups in total. The molecule has 0 saturated heterocycles. The van der Waals surface area contributed by atoms with Crippen LogP contribution in [0.15, 0.2) is 85.3 Å². The number of carboxylic acids is 1. The van der Waals surface area contributed by atoms with E-state index < -0.39 is 13.5 Å². The predicted octanol–water partition coefficient (Wildman–Crippen LogP) is 6.23. The summed E-state index contributed by atoms with van der Waals surface area (Å²) in [6, 6.07) is 16.7. The molecule has 1 aromatic heterocycles. The van der Waals surface area contributed by atoms with Gasteiger partial charge in [0.05, 0.1) is 11.0 Å². The Morgan fingerprint density at radius 1 is 1.17 bits per heavy atom. The molecule has 0 fully saturated rings. The van der Waals surface area contributed by atoms with Crippen molar-refractivity contribution in [2.24, 2.45) is 5.73 Å². The normalized spacial score (nSPS) is 13.6. The van der Waals surface area contributed by atoms with Crippen LogP contribution < -0.4 is 16.1 Å². The topological polar surface area (TPSA) is 111 Å². The molecule has 3 rings (SSSR count). The van der Waals surface area contributed by atoms with Crippen molar-refractivity contribution in [3.05, 3.63) is 112 Å². The van der Waals surface area contributed by atoms with Crippen LogP contribution in [0.5, 0.6) is 0 Å². The molecule has 1 atom stereocenters. The van der Waals surface area contributed by atoms with E-state index in [1.165, 1.54) is 7.11 Å². The summed E-state index contributed by atoms with van der Waals surface area (Å²) in [6.45, 7) is 7.92. The SMILES string of the molecule is C=C/C(=C\C=C(/N)OCc1ccccc1)c1cc(NP(=O)(OC)c2ccc(C)cc2C)c(C(=O)O)s1. The first-order valence-corrected chi connectivity index (χ1v) is 13.5. The number of rotatable bonds is 11. The molecule has 7 nitrogen and oxygen atoms in total. The molecular formula is C27H29N2O5PS. The predicted molar refractivity (Wildman–Crippen MR) is 147 cm³/mol. The average Bonchev–Trinajstić information content (AvgIpc) is 3.27. The van der Waals surface area contributed by atoms with Crippen LogP contribution in [0.4, 0.5) is 5.69 Å². The molecule has 0 radical (unpaired) electrons. The van der Waals surface area contributed by atoms with Crippen molar-refractivity contribution in [1.29, 1.82) is 0 Å². The molecule has 36 heavy (non-hydrogen) atoms. The zero-order valence-corrected chi connectivity index (χ0v) is 22.1. The molecule has 9 heteroatoms. The van der Waals surface area contributed by atoms with E-state index in [-0.39, 0.29) is 16.4 Å². The molecule has 0 bridgehead atoms. The van der Waals surface area contributed by atoms with Crippen molar-refractivity contribution >= 4 is 41.4 Å². The average molecular weight is 525 g/mol. The first-order valence-electron chi connectivity index (χ1n) is 11.0. The number of anilines is 1. The molecule has 0 saturated carbocycles. The summed E-state index contributed by atoms with van der Waals surface area (Å²) >= 11 is 1.03. The van der Waals surface area contributed by atoms with Crippen molar-refractivity contribution < 1.29 is 23.7 Å². The molecule has 0 amide bonds. The summed E-state index contributed by atoms with van der Waals surface area (Å²) in [5.74, 6) is -0.952. The molecule has 1 unspecified atom stereocenters. The minimum atomic E-state index is -3.60. The number of nitrogens with two attached hydrogens (primary N) is 1. The number of hydrogen-bond donors (Lipinski definition) is 3. The van der Waals surface area contributed by atoms with Gasteiger partial charge in [0, 0.05) is 12.0 Å². The Kier molecular flexibility index (Phi) is 8.93. The standard InChI is InChI=1S/C27H29N2O5PS/c1-5-21(12-14-25(28)34-17-20-9-7-6-8-10-20)24-16-22(26(36-24)27(30)31)29-35(32,33-4)23-13-11-18(2)15-19(23)3/h5-16H,1,17,28H2,2-4H3,(H,29,32)(H,30,31)/b21-12+,25-14+. The third-order valence-corrected chi connectivity index (χ3v) is 8.66. The maximum Gasteiger partial charge on any atom is 0.348 e. The van der Waals surface area contributed by atoms with E-state index in [2.05, 4.69) is 11.7 Å². The van der Waals surface area contributed by atoms with E-state index in [4.69, 9.17) is 15.0 Å². The Morgan fingerprint density at radius 2 is 1.89 bits per heavy atom. The Balaban J connectivity index is 1.89. The minimum Gasteiger partial charge on any atom is -0.477 e. The highest BCUT2D eigenvalue weighted by molar-refractivity contribution is 7.68. The number of allylic oxidation sites excluding steroid dienone is 4. The van der Waals surface area contributed by atoms with Gasteiger partial charge in [0.1, 0.15) is 11.5 Å². The molecule has 188 valence electrons. The van der Waals surface area contributed by atoms with Crippen molar-refractivity contribution in [3.8, 4) is 0 Å². The van der Waals surface area contributed by atoms with E-state index in [0.29, 0.717) is 22.4 Å². The summed E-state index contributed by atoms with van der Waals surface area (Å²) in [5.41, 5.74) is 9.58. The van der Waals surface area contributed by atoms with Gasteiger partial charge in [0.2, 0.25) is 0 Å². The second-order valence-corrected chi connectivity index (χ2v) is 11.2. The van der Waals surface area contributed by atoms with Gasteiger partial charge in [-0.05, 0) is 54.8 Å². The Bertz CT molecular complexity index is 1360. The van der Waals surface area contributed by atoms with Gasteiger partial charge >= 0.3 is 13.5 Å². The van der Waals surface area contributed by atoms with E-state index in [9.17, 15) is 14.5 Å². The van der Waals surface area contributed by atoms with Crippen LogP contribution in [0, 0.1) is 13.8 Å². The molecular weight excluding hydrogens is 495 g/mol. The van der Waals surface area contributed by atoms with Gasteiger partial charge in [0.25, 0.3) is 0 Å². The highest BCUT2D eigenvalue weighted by Crippen LogP contribution is 2.48. The summed E-state index contributed by atoms with van der Waals surface area (Å²) in [6.07, 6.45) is 4.86. The summed E-state index contributed by atoms with van der Waals surface area (Å²) in [7, 11) is -2.27. The Hall–Kier alpha value is -3.58. The molecule has 2 aromatic carbocycles. The van der Waals surface area contributed by atoms with Crippen LogP contribution in [0.1, 0.15) is 31.2 Å². The highest BCUT2D eigenvalue weighted by Gasteiger charge is 2.30. The number of hydrogen-bond acceptors (Lipinski definition) is 6. The number of aryl methyl sites for hydroxylation is 2. The quantitative estimate of drug-likeness (QED) is 0.155. The lowest BCUT2D eigenvalue weighted by Crippen LogP contribution is -2.17. The van der Waals surface area contributed by atoms with Gasteiger partial charge in [-0.1, -0.05) is 60.7 Å². The lowest BCUT2D eigenvalue weighted by atomic mass is 10.2. The van der Waals surface area contributed by atoms with E-state index >= 15 is 0 Å². The van der Waals surface area contributed by atoms with Crippen LogP contribution >= 0.6 is 18.9 Å². The number of aromatic carboxylic acids is 1. The maximum absolute atomic E-state index is 13.7. The van der Waals surface area contributed by atoms with Crippen molar-refractivity contribution in [1.82, 2.24) is 0 Å². The second kappa shape index (κ2) is 11.9. The van der Waals surface area contributed by atoms with Crippen molar-refractivity contribution in [2.45, 2.75) is 20.5 Å². The van der Waals surface area contributed by atoms with Gasteiger partial charge in [0.15, 0.2) is 5.88 Å². The van der Waals surface area contributed by atoms with E-state index in [1.807, 2.05) is 56.3 Å². The van der Waals surface area contributed by atoms with Crippen LogP contribution in [0.2, 0.25) is 0 Å². The molecule has 0 aliphatic carbocycles. The van der Waals surface area contributed by atoms with Gasteiger partial charge in [-0.3, -0.25) is 4.57 Å². The number of thiophene rings is 1. The zero-order chi connectivity index (χ0) is 26.3. The van der Waals surface area contributed by atoms with Crippen LogP contribution in [-0.4, -0.2) is 18.2 Å². The smallest absolute Gasteiger partial charge is 0.348 e. The fraction of sp³-hybridized carbons (Fsp3) is 0.148. The summed E-state index contributed by atoms with van der Waals surface area (Å²) < 4.78 is 24.7. The first-order chi connectivity index (χ1) is 17.2.